The van der Waals surface area contributed by atoms with Gasteiger partial charge in [-0.15, -0.1) is 5.10 Å². The second-order valence-corrected chi connectivity index (χ2v) is 7.97. The number of halogens is 1. The number of anilines is 1. The van der Waals surface area contributed by atoms with Crippen LogP contribution in [0.5, 0.6) is 5.75 Å². The first-order chi connectivity index (χ1) is 16.5. The van der Waals surface area contributed by atoms with Gasteiger partial charge in [0.15, 0.2) is 23.6 Å². The number of rotatable bonds is 7. The van der Waals surface area contributed by atoms with Gasteiger partial charge in [0.2, 0.25) is 0 Å². The van der Waals surface area contributed by atoms with Gasteiger partial charge in [0.1, 0.15) is 17.4 Å². The predicted octanol–water partition coefficient (Wildman–Crippen LogP) is 2.76. The minimum Gasteiger partial charge on any atom is -0.484 e. The van der Waals surface area contributed by atoms with Gasteiger partial charge in [-0.2, -0.15) is 4.68 Å². The number of hydrogen-bond acceptors (Lipinski definition) is 8. The molecule has 4 aromatic rings. The van der Waals surface area contributed by atoms with Crippen LogP contribution in [0.3, 0.4) is 0 Å². The van der Waals surface area contributed by atoms with Gasteiger partial charge in [-0.3, -0.25) is 20.4 Å². The summed E-state index contributed by atoms with van der Waals surface area (Å²) in [7, 11) is 0. The molecule has 0 saturated heterocycles. The molecule has 5 rings (SSSR count). The molecule has 172 valence electrons. The number of nitrogens with one attached hydrogen (secondary N) is 2. The Morgan fingerprint density at radius 1 is 1.09 bits per heavy atom. The maximum atomic E-state index is 13.0. The maximum absolute atomic E-state index is 13.0. The van der Waals surface area contributed by atoms with Gasteiger partial charge in [-0.05, 0) is 56.2 Å². The lowest BCUT2D eigenvalue weighted by Crippen LogP contribution is -2.34. The number of benzene rings is 2. The van der Waals surface area contributed by atoms with E-state index in [1.807, 2.05) is 19.1 Å². The zero-order chi connectivity index (χ0) is 23.7. The lowest BCUT2D eigenvalue weighted by Gasteiger charge is -2.10. The fraction of sp³-hybridized carbons (Fsp3) is 0.217. The van der Waals surface area contributed by atoms with E-state index in [4.69, 9.17) is 4.74 Å². The summed E-state index contributed by atoms with van der Waals surface area (Å²) in [6.45, 7) is 1.63. The molecule has 10 nitrogen and oxygen atoms in total. The second kappa shape index (κ2) is 8.85. The number of nitrogens with zero attached hydrogens (tertiary/aromatic N) is 5. The van der Waals surface area contributed by atoms with Crippen molar-refractivity contribution in [2.75, 3.05) is 12.0 Å². The molecule has 11 heteroatoms. The molecule has 0 radical (unpaired) electrons. The summed E-state index contributed by atoms with van der Waals surface area (Å²) in [5, 5.41) is 8.06. The van der Waals surface area contributed by atoms with Gasteiger partial charge in [-0.25, -0.2) is 14.4 Å². The molecule has 2 N–H and O–H groups in total. The molecule has 0 unspecified atom stereocenters. The van der Waals surface area contributed by atoms with E-state index in [-0.39, 0.29) is 35.4 Å². The van der Waals surface area contributed by atoms with Crippen LogP contribution >= 0.6 is 0 Å². The summed E-state index contributed by atoms with van der Waals surface area (Å²) in [6, 6.07) is 12.4. The molecule has 2 aromatic heterocycles. The van der Waals surface area contributed by atoms with E-state index in [1.165, 1.54) is 24.3 Å². The van der Waals surface area contributed by atoms with Crippen LogP contribution in [0, 0.1) is 12.7 Å². The Morgan fingerprint density at radius 3 is 2.53 bits per heavy atom. The number of ether oxygens (including phenoxy) is 1. The van der Waals surface area contributed by atoms with Crippen LogP contribution in [0.1, 0.15) is 40.5 Å². The predicted molar refractivity (Wildman–Crippen MR) is 120 cm³/mol. The van der Waals surface area contributed by atoms with Crippen LogP contribution in [0.25, 0.3) is 11.2 Å². The monoisotopic (exact) mass is 461 g/mol. The standard InChI is InChI=1S/C23H20FN7O3/c1-13-2-4-15(5-3-13)23(33)31-22-19(28-30-31)21(25-20(26-22)14-6-7-14)29-27-18(32)12-34-17-10-8-16(24)9-11-17/h2-5,8-11,14H,6-7,12H2,1H3,(H,27,32)(H,25,26,29). The maximum Gasteiger partial charge on any atom is 0.281 e. The normalized spacial score (nSPS) is 13.0. The Kier molecular flexibility index (Phi) is 5.58. The van der Waals surface area contributed by atoms with Crippen molar-refractivity contribution in [3.63, 3.8) is 0 Å². The zero-order valence-electron chi connectivity index (χ0n) is 18.2. The lowest BCUT2D eigenvalue weighted by atomic mass is 10.1. The van der Waals surface area contributed by atoms with Crippen molar-refractivity contribution in [1.82, 2.24) is 30.4 Å². The van der Waals surface area contributed by atoms with Crippen LogP contribution < -0.4 is 15.6 Å². The Morgan fingerprint density at radius 2 is 1.82 bits per heavy atom. The molecule has 1 aliphatic carbocycles. The van der Waals surface area contributed by atoms with E-state index in [2.05, 4.69) is 31.1 Å². The van der Waals surface area contributed by atoms with Gasteiger partial charge in [0.25, 0.3) is 11.8 Å². The third-order valence-electron chi connectivity index (χ3n) is 5.25. The molecule has 0 spiro atoms. The Labute approximate surface area is 193 Å². The van der Waals surface area contributed by atoms with E-state index in [1.54, 1.807) is 12.1 Å². The number of hydrogen-bond donors (Lipinski definition) is 2. The van der Waals surface area contributed by atoms with Gasteiger partial charge >= 0.3 is 0 Å². The third-order valence-corrected chi connectivity index (χ3v) is 5.25. The van der Waals surface area contributed by atoms with E-state index >= 15 is 0 Å². The lowest BCUT2D eigenvalue weighted by molar-refractivity contribution is -0.122. The molecule has 1 amide bonds. The molecule has 2 aromatic carbocycles. The average Bonchev–Trinajstić information content (AvgIpc) is 3.61. The summed E-state index contributed by atoms with van der Waals surface area (Å²) in [6.07, 6.45) is 1.88. The highest BCUT2D eigenvalue weighted by Gasteiger charge is 2.29. The molecule has 1 aliphatic rings. The molecule has 34 heavy (non-hydrogen) atoms. The van der Waals surface area contributed by atoms with Crippen LogP contribution in [0.15, 0.2) is 48.5 Å². The van der Waals surface area contributed by atoms with E-state index in [0.717, 1.165) is 23.1 Å². The summed E-state index contributed by atoms with van der Waals surface area (Å²) in [4.78, 5) is 34.3. The molecule has 1 saturated carbocycles. The summed E-state index contributed by atoms with van der Waals surface area (Å²) < 4.78 is 19.5. The number of hydrazine groups is 1. The third kappa shape index (κ3) is 4.53. The Bertz CT molecular complexity index is 1370. The van der Waals surface area contributed by atoms with Crippen molar-refractivity contribution < 1.29 is 18.7 Å². The minimum absolute atomic E-state index is 0.181. The largest absolute Gasteiger partial charge is 0.484 e. The smallest absolute Gasteiger partial charge is 0.281 e. The Balaban J connectivity index is 1.35. The van der Waals surface area contributed by atoms with Crippen LogP contribution in [0.2, 0.25) is 0 Å². The topological polar surface area (TPSA) is 124 Å². The van der Waals surface area contributed by atoms with Gasteiger partial charge in [0.05, 0.1) is 0 Å². The fourth-order valence-electron chi connectivity index (χ4n) is 3.24. The van der Waals surface area contributed by atoms with Crippen molar-refractivity contribution in [3.8, 4) is 5.75 Å². The van der Waals surface area contributed by atoms with Crippen LogP contribution in [-0.2, 0) is 4.79 Å². The number of aromatic nitrogens is 5. The average molecular weight is 461 g/mol. The number of aryl methyl sites for hydroxylation is 1. The molecule has 0 bridgehead atoms. The molecule has 1 fully saturated rings. The summed E-state index contributed by atoms with van der Waals surface area (Å²) >= 11 is 0. The Hall–Kier alpha value is -4.41. The van der Waals surface area contributed by atoms with Crippen molar-refractivity contribution in [1.29, 1.82) is 0 Å². The number of carbonyl (C=O) groups is 2. The molecule has 0 atom stereocenters. The van der Waals surface area contributed by atoms with E-state index < -0.39 is 11.7 Å². The quantitative estimate of drug-likeness (QED) is 0.403. The van der Waals surface area contributed by atoms with Crippen LogP contribution in [-0.4, -0.2) is 43.4 Å². The number of fused-ring (bicyclic) bond motifs is 1. The summed E-state index contributed by atoms with van der Waals surface area (Å²) in [5.74, 6) is 0.0522. The number of carbonyl (C=O) groups excluding carboxylic acids is 2. The van der Waals surface area contributed by atoms with Crippen molar-refractivity contribution in [3.05, 3.63) is 71.3 Å². The molecular weight excluding hydrogens is 441 g/mol. The van der Waals surface area contributed by atoms with Gasteiger partial charge < -0.3 is 4.74 Å². The summed E-state index contributed by atoms with van der Waals surface area (Å²) in [5.41, 5.74) is 7.21. The molecular formula is C23H20FN7O3. The van der Waals surface area contributed by atoms with Crippen molar-refractivity contribution in [2.45, 2.75) is 25.7 Å². The highest BCUT2D eigenvalue weighted by molar-refractivity contribution is 6.00. The van der Waals surface area contributed by atoms with Crippen molar-refractivity contribution >= 4 is 28.8 Å². The van der Waals surface area contributed by atoms with E-state index in [9.17, 15) is 14.0 Å². The van der Waals surface area contributed by atoms with Crippen molar-refractivity contribution in [2.24, 2.45) is 0 Å². The molecule has 2 heterocycles. The highest BCUT2D eigenvalue weighted by atomic mass is 19.1. The number of amides is 1. The fourth-order valence-corrected chi connectivity index (χ4v) is 3.24. The van der Waals surface area contributed by atoms with Gasteiger partial charge in [0, 0.05) is 11.5 Å². The van der Waals surface area contributed by atoms with Crippen LogP contribution in [0.4, 0.5) is 10.2 Å². The SMILES string of the molecule is Cc1ccc(C(=O)n2nnc3c(NNC(=O)COc4ccc(F)cc4)nc(C4CC4)nc32)cc1. The highest BCUT2D eigenvalue weighted by Crippen LogP contribution is 2.39. The first-order valence-electron chi connectivity index (χ1n) is 10.7. The van der Waals surface area contributed by atoms with E-state index in [0.29, 0.717) is 17.1 Å². The zero-order valence-corrected chi connectivity index (χ0v) is 18.2. The first kappa shape index (κ1) is 21.4. The second-order valence-electron chi connectivity index (χ2n) is 7.97. The minimum atomic E-state index is -0.493. The molecule has 0 aliphatic heterocycles. The first-order valence-corrected chi connectivity index (χ1v) is 10.7. The van der Waals surface area contributed by atoms with Gasteiger partial charge in [-0.1, -0.05) is 22.9 Å².